The minimum absolute atomic E-state index is 0.106. The highest BCUT2D eigenvalue weighted by molar-refractivity contribution is 5.94. The van der Waals surface area contributed by atoms with Crippen LogP contribution in [0.15, 0.2) is 51.9 Å². The van der Waals surface area contributed by atoms with Gasteiger partial charge >= 0.3 is 5.97 Å². The molecule has 0 aliphatic rings. The van der Waals surface area contributed by atoms with Crippen LogP contribution in [0, 0.1) is 5.92 Å². The van der Waals surface area contributed by atoms with E-state index >= 15 is 0 Å². The number of nitrogens with one attached hydrogen (secondary N) is 1. The standard InChI is InChI=1S/C21H21N5O5/c1-12(2)17(22-18(27)15-9-6-10-30-15)20(29)31-11-16-23-24-21-25(3)19(28)13-7-4-5-8-14(13)26(16)21/h4-10,12,17H,11H2,1-3H3,(H,22,27). The Hall–Kier alpha value is -3.95. The maximum Gasteiger partial charge on any atom is 0.329 e. The SMILES string of the molecule is CC(C)C(NC(=O)c1ccco1)C(=O)OCc1nnc2n(C)c(=O)c3ccccc3n12. The fourth-order valence-corrected chi connectivity index (χ4v) is 3.33. The van der Waals surface area contributed by atoms with Crippen LogP contribution in [0.1, 0.15) is 30.2 Å². The molecule has 0 aliphatic carbocycles. The van der Waals surface area contributed by atoms with Gasteiger partial charge < -0.3 is 14.5 Å². The number of aromatic nitrogens is 4. The van der Waals surface area contributed by atoms with Crippen molar-refractivity contribution in [1.29, 1.82) is 0 Å². The van der Waals surface area contributed by atoms with E-state index in [2.05, 4.69) is 15.5 Å². The Bertz CT molecular complexity index is 1320. The number of furan rings is 1. The third-order valence-corrected chi connectivity index (χ3v) is 4.99. The van der Waals surface area contributed by atoms with Crippen LogP contribution in [0.5, 0.6) is 0 Å². The number of aryl methyl sites for hydroxylation is 1. The van der Waals surface area contributed by atoms with Gasteiger partial charge in [-0.1, -0.05) is 26.0 Å². The zero-order chi connectivity index (χ0) is 22.1. The Balaban J connectivity index is 1.59. The number of para-hydroxylation sites is 1. The van der Waals surface area contributed by atoms with Gasteiger partial charge in [-0.15, -0.1) is 10.2 Å². The Morgan fingerprint density at radius 3 is 2.65 bits per heavy atom. The molecule has 0 saturated heterocycles. The molecule has 160 valence electrons. The minimum Gasteiger partial charge on any atom is -0.459 e. The van der Waals surface area contributed by atoms with E-state index in [0.29, 0.717) is 22.5 Å². The van der Waals surface area contributed by atoms with Crippen LogP contribution in [0.3, 0.4) is 0 Å². The van der Waals surface area contributed by atoms with Crippen LogP contribution in [-0.4, -0.2) is 37.1 Å². The highest BCUT2D eigenvalue weighted by Gasteiger charge is 2.27. The summed E-state index contributed by atoms with van der Waals surface area (Å²) in [4.78, 5) is 37.5. The predicted molar refractivity (Wildman–Crippen MR) is 110 cm³/mol. The molecule has 4 aromatic rings. The van der Waals surface area contributed by atoms with E-state index in [1.807, 2.05) is 0 Å². The Labute approximate surface area is 176 Å². The Kier molecular flexibility index (Phi) is 5.28. The highest BCUT2D eigenvalue weighted by atomic mass is 16.5. The summed E-state index contributed by atoms with van der Waals surface area (Å²) < 4.78 is 13.6. The van der Waals surface area contributed by atoms with Crippen molar-refractivity contribution in [2.75, 3.05) is 0 Å². The number of rotatable bonds is 6. The number of hydrogen-bond donors (Lipinski definition) is 1. The molecule has 0 spiro atoms. The van der Waals surface area contributed by atoms with Gasteiger partial charge in [-0.2, -0.15) is 0 Å². The van der Waals surface area contributed by atoms with Gasteiger partial charge in [0.2, 0.25) is 5.78 Å². The molecule has 1 N–H and O–H groups in total. The van der Waals surface area contributed by atoms with Gasteiger partial charge in [0.1, 0.15) is 6.04 Å². The fraction of sp³-hybridized carbons (Fsp3) is 0.286. The first-order valence-electron chi connectivity index (χ1n) is 9.71. The average Bonchev–Trinajstić information content (AvgIpc) is 3.44. The summed E-state index contributed by atoms with van der Waals surface area (Å²) in [7, 11) is 1.60. The van der Waals surface area contributed by atoms with Gasteiger partial charge in [0.05, 0.1) is 17.2 Å². The van der Waals surface area contributed by atoms with E-state index in [1.165, 1.54) is 16.9 Å². The summed E-state index contributed by atoms with van der Waals surface area (Å²) in [5.41, 5.74) is 0.419. The van der Waals surface area contributed by atoms with Crippen molar-refractivity contribution < 1.29 is 18.7 Å². The molecular formula is C21H21N5O5. The molecule has 1 unspecified atom stereocenters. The minimum atomic E-state index is -0.877. The lowest BCUT2D eigenvalue weighted by molar-refractivity contribution is -0.148. The number of fused-ring (bicyclic) bond motifs is 3. The van der Waals surface area contributed by atoms with Gasteiger partial charge in [-0.05, 0) is 30.2 Å². The van der Waals surface area contributed by atoms with Gasteiger partial charge in [-0.3, -0.25) is 18.6 Å². The second-order valence-electron chi connectivity index (χ2n) is 7.41. The smallest absolute Gasteiger partial charge is 0.329 e. The number of amides is 1. The molecule has 10 nitrogen and oxygen atoms in total. The topological polar surface area (TPSA) is 121 Å². The monoisotopic (exact) mass is 423 g/mol. The molecule has 0 fully saturated rings. The summed E-state index contributed by atoms with van der Waals surface area (Å²) >= 11 is 0. The summed E-state index contributed by atoms with van der Waals surface area (Å²) in [6, 6.07) is 9.29. The van der Waals surface area contributed by atoms with E-state index in [0.717, 1.165) is 0 Å². The van der Waals surface area contributed by atoms with Crippen LogP contribution >= 0.6 is 0 Å². The van der Waals surface area contributed by atoms with Crippen molar-refractivity contribution in [3.63, 3.8) is 0 Å². The molecule has 1 aromatic carbocycles. The third-order valence-electron chi connectivity index (χ3n) is 4.99. The van der Waals surface area contributed by atoms with E-state index in [9.17, 15) is 14.4 Å². The second kappa shape index (κ2) is 8.05. The molecule has 1 atom stereocenters. The molecular weight excluding hydrogens is 402 g/mol. The van der Waals surface area contributed by atoms with Crippen LogP contribution in [-0.2, 0) is 23.2 Å². The van der Waals surface area contributed by atoms with Crippen LogP contribution in [0.4, 0.5) is 0 Å². The van der Waals surface area contributed by atoms with E-state index in [4.69, 9.17) is 9.15 Å². The summed E-state index contributed by atoms with van der Waals surface area (Å²) in [5.74, 6) is -0.538. The molecule has 0 radical (unpaired) electrons. The Morgan fingerprint density at radius 1 is 1.16 bits per heavy atom. The number of benzene rings is 1. The van der Waals surface area contributed by atoms with E-state index in [1.54, 1.807) is 55.6 Å². The van der Waals surface area contributed by atoms with Crippen molar-refractivity contribution in [1.82, 2.24) is 24.5 Å². The lowest BCUT2D eigenvalue weighted by Gasteiger charge is -2.20. The van der Waals surface area contributed by atoms with Crippen LogP contribution in [0.25, 0.3) is 16.7 Å². The number of hydrogen-bond acceptors (Lipinski definition) is 7. The van der Waals surface area contributed by atoms with Crippen molar-refractivity contribution in [2.24, 2.45) is 13.0 Å². The van der Waals surface area contributed by atoms with Gasteiger partial charge in [-0.25, -0.2) is 4.79 Å². The number of carbonyl (C=O) groups excluding carboxylic acids is 2. The lowest BCUT2D eigenvalue weighted by atomic mass is 10.0. The number of nitrogens with zero attached hydrogens (tertiary/aromatic N) is 4. The van der Waals surface area contributed by atoms with Crippen molar-refractivity contribution in [3.05, 3.63) is 64.6 Å². The van der Waals surface area contributed by atoms with Gasteiger partial charge in [0, 0.05) is 7.05 Å². The summed E-state index contributed by atoms with van der Waals surface area (Å²) in [6.45, 7) is 3.41. The second-order valence-corrected chi connectivity index (χ2v) is 7.41. The third kappa shape index (κ3) is 3.67. The zero-order valence-electron chi connectivity index (χ0n) is 17.2. The molecule has 1 amide bonds. The quantitative estimate of drug-likeness (QED) is 0.468. The normalized spacial score (nSPS) is 12.4. The van der Waals surface area contributed by atoms with Gasteiger partial charge in [0.25, 0.3) is 11.5 Å². The molecule has 3 heterocycles. The molecule has 10 heteroatoms. The van der Waals surface area contributed by atoms with E-state index < -0.39 is 17.9 Å². The molecule has 0 aliphatic heterocycles. The maximum atomic E-state index is 12.7. The first-order valence-corrected chi connectivity index (χ1v) is 9.71. The fourth-order valence-electron chi connectivity index (χ4n) is 3.33. The average molecular weight is 423 g/mol. The van der Waals surface area contributed by atoms with Crippen molar-refractivity contribution >= 4 is 28.6 Å². The predicted octanol–water partition coefficient (Wildman–Crippen LogP) is 1.67. The maximum absolute atomic E-state index is 12.7. The summed E-state index contributed by atoms with van der Waals surface area (Å²) in [6.07, 6.45) is 1.38. The number of carbonyl (C=O) groups is 2. The van der Waals surface area contributed by atoms with Crippen LogP contribution in [0.2, 0.25) is 0 Å². The number of ether oxygens (including phenoxy) is 1. The molecule has 4 rings (SSSR count). The van der Waals surface area contributed by atoms with E-state index in [-0.39, 0.29) is 23.8 Å². The zero-order valence-corrected chi connectivity index (χ0v) is 17.2. The van der Waals surface area contributed by atoms with Crippen LogP contribution < -0.4 is 10.9 Å². The van der Waals surface area contributed by atoms with Crippen molar-refractivity contribution in [3.8, 4) is 0 Å². The first kappa shape index (κ1) is 20.3. The molecule has 31 heavy (non-hydrogen) atoms. The largest absolute Gasteiger partial charge is 0.459 e. The number of esters is 1. The molecule has 3 aromatic heterocycles. The Morgan fingerprint density at radius 2 is 1.94 bits per heavy atom. The van der Waals surface area contributed by atoms with Crippen molar-refractivity contribution in [2.45, 2.75) is 26.5 Å². The molecule has 0 bridgehead atoms. The summed E-state index contributed by atoms with van der Waals surface area (Å²) in [5, 5.41) is 11.3. The van der Waals surface area contributed by atoms with Gasteiger partial charge in [0.15, 0.2) is 18.2 Å². The first-order chi connectivity index (χ1) is 14.9. The highest BCUT2D eigenvalue weighted by Crippen LogP contribution is 2.15. The molecule has 0 saturated carbocycles. The lowest BCUT2D eigenvalue weighted by Crippen LogP contribution is -2.45.